The molecule has 0 heterocycles. The summed E-state index contributed by atoms with van der Waals surface area (Å²) in [5.41, 5.74) is -2.16. The van der Waals surface area contributed by atoms with Gasteiger partial charge in [0.2, 0.25) is 5.91 Å². The largest absolute Gasteiger partial charge is 0.417 e. The first-order valence-corrected chi connectivity index (χ1v) is 9.17. The van der Waals surface area contributed by atoms with Gasteiger partial charge >= 0.3 is 6.18 Å². The molecule has 26 heavy (non-hydrogen) atoms. The third kappa shape index (κ3) is 4.13. The van der Waals surface area contributed by atoms with Crippen LogP contribution in [0.25, 0.3) is 0 Å². The zero-order chi connectivity index (χ0) is 19.8. The van der Waals surface area contributed by atoms with Crippen LogP contribution in [0.15, 0.2) is 11.6 Å². The summed E-state index contributed by atoms with van der Waals surface area (Å²) in [7, 11) is 0. The first-order valence-electron chi connectivity index (χ1n) is 9.17. The second-order valence-corrected chi connectivity index (χ2v) is 8.18. The smallest absolute Gasteiger partial charge is 0.380 e. The molecule has 7 heteroatoms. The number of hydrogen-bond acceptors (Lipinski definition) is 3. The molecule has 4 atom stereocenters. The van der Waals surface area contributed by atoms with Gasteiger partial charge in [-0.25, -0.2) is 0 Å². The molecular weight excluding hydrogens is 347 g/mol. The number of fused-ring (bicyclic) bond motifs is 1. The predicted octanol–water partition coefficient (Wildman–Crippen LogP) is 3.54. The first-order chi connectivity index (χ1) is 11.9. The standard InChI is InChI=1S/C19H28F3NO3/c1-12(11-23-16(25)10-18(3,26)19(20,21)22)13-6-4-7-14-15(24)8-5-9-17(13,14)2/h6,12,14,26H,4-5,7-11H2,1-3H3,(H,23,25)/t12-,14?,17-,18?/m1/s1. The van der Waals surface area contributed by atoms with E-state index >= 15 is 0 Å². The summed E-state index contributed by atoms with van der Waals surface area (Å²) in [5.74, 6) is -0.618. The van der Waals surface area contributed by atoms with Gasteiger partial charge in [0, 0.05) is 18.9 Å². The third-order valence-electron chi connectivity index (χ3n) is 6.01. The van der Waals surface area contributed by atoms with Gasteiger partial charge < -0.3 is 10.4 Å². The Balaban J connectivity index is 1.99. The molecule has 2 aliphatic carbocycles. The highest BCUT2D eigenvalue weighted by Crippen LogP contribution is 2.51. The van der Waals surface area contributed by atoms with E-state index in [9.17, 15) is 27.9 Å². The Kier molecular flexibility index (Phi) is 5.90. The summed E-state index contributed by atoms with van der Waals surface area (Å²) in [6.45, 7) is 4.79. The number of Topliss-reactive ketones (excluding diaryl/α,β-unsaturated/α-hetero) is 1. The SMILES string of the molecule is C[C@H](CNC(=O)CC(C)(O)C(F)(F)F)C1=CCCC2C(=O)CCC[C@]12C. The zero-order valence-corrected chi connectivity index (χ0v) is 15.6. The number of ketones is 1. The van der Waals surface area contributed by atoms with Gasteiger partial charge in [0.15, 0.2) is 5.60 Å². The summed E-state index contributed by atoms with van der Waals surface area (Å²) in [6, 6.07) is 0. The van der Waals surface area contributed by atoms with Gasteiger partial charge in [0.1, 0.15) is 5.78 Å². The Morgan fingerprint density at radius 2 is 2.12 bits per heavy atom. The second-order valence-electron chi connectivity index (χ2n) is 8.18. The Bertz CT molecular complexity index is 597. The topological polar surface area (TPSA) is 66.4 Å². The van der Waals surface area contributed by atoms with E-state index in [0.717, 1.165) is 31.3 Å². The van der Waals surface area contributed by atoms with Gasteiger partial charge in [-0.2, -0.15) is 13.2 Å². The van der Waals surface area contributed by atoms with Crippen LogP contribution in [0.3, 0.4) is 0 Å². The zero-order valence-electron chi connectivity index (χ0n) is 15.6. The van der Waals surface area contributed by atoms with Crippen LogP contribution in [0, 0.1) is 17.3 Å². The highest BCUT2D eigenvalue weighted by Gasteiger charge is 2.51. The fourth-order valence-electron chi connectivity index (χ4n) is 4.41. The van der Waals surface area contributed by atoms with E-state index in [4.69, 9.17) is 0 Å². The number of carbonyl (C=O) groups is 2. The van der Waals surface area contributed by atoms with Crippen molar-refractivity contribution in [1.82, 2.24) is 5.32 Å². The van der Waals surface area contributed by atoms with Crippen molar-refractivity contribution >= 4 is 11.7 Å². The molecule has 2 rings (SSSR count). The molecule has 4 nitrogen and oxygen atoms in total. The average Bonchev–Trinajstić information content (AvgIpc) is 2.50. The molecule has 2 N–H and O–H groups in total. The Morgan fingerprint density at radius 3 is 2.73 bits per heavy atom. The summed E-state index contributed by atoms with van der Waals surface area (Å²) >= 11 is 0. The highest BCUT2D eigenvalue weighted by molar-refractivity contribution is 5.83. The minimum absolute atomic E-state index is 0.000337. The number of allylic oxidation sites excluding steroid dienone is 1. The predicted molar refractivity (Wildman–Crippen MR) is 91.2 cm³/mol. The lowest BCUT2D eigenvalue weighted by Crippen LogP contribution is -2.47. The lowest BCUT2D eigenvalue weighted by molar-refractivity contribution is -0.253. The Morgan fingerprint density at radius 1 is 1.46 bits per heavy atom. The van der Waals surface area contributed by atoms with E-state index in [0.29, 0.717) is 19.1 Å². The van der Waals surface area contributed by atoms with Crippen LogP contribution in [-0.2, 0) is 9.59 Å². The van der Waals surface area contributed by atoms with E-state index in [-0.39, 0.29) is 23.8 Å². The molecule has 0 bridgehead atoms. The van der Waals surface area contributed by atoms with E-state index in [1.807, 2.05) is 6.92 Å². The van der Waals surface area contributed by atoms with Gasteiger partial charge in [-0.05, 0) is 43.9 Å². The van der Waals surface area contributed by atoms with E-state index < -0.39 is 24.1 Å². The van der Waals surface area contributed by atoms with E-state index in [2.05, 4.69) is 18.3 Å². The maximum Gasteiger partial charge on any atom is 0.417 e. The summed E-state index contributed by atoms with van der Waals surface area (Å²) in [5, 5.41) is 11.9. The fraction of sp³-hybridized carbons (Fsp3) is 0.789. The van der Waals surface area contributed by atoms with Crippen molar-refractivity contribution in [2.45, 2.75) is 71.1 Å². The van der Waals surface area contributed by atoms with Crippen LogP contribution in [0.2, 0.25) is 0 Å². The monoisotopic (exact) mass is 375 g/mol. The summed E-state index contributed by atoms with van der Waals surface area (Å²) in [6.07, 6.45) is 0.260. The quantitative estimate of drug-likeness (QED) is 0.723. The van der Waals surface area contributed by atoms with E-state index in [1.54, 1.807) is 0 Å². The van der Waals surface area contributed by atoms with Crippen LogP contribution < -0.4 is 5.32 Å². The molecule has 2 aliphatic rings. The summed E-state index contributed by atoms with van der Waals surface area (Å²) in [4.78, 5) is 24.1. The summed E-state index contributed by atoms with van der Waals surface area (Å²) < 4.78 is 38.1. The number of rotatable bonds is 5. The van der Waals surface area contributed by atoms with E-state index in [1.165, 1.54) is 0 Å². The van der Waals surface area contributed by atoms with Gasteiger partial charge in [-0.1, -0.05) is 25.5 Å². The lowest BCUT2D eigenvalue weighted by atomic mass is 9.57. The van der Waals surface area contributed by atoms with Crippen LogP contribution in [-0.4, -0.2) is 35.1 Å². The van der Waals surface area contributed by atoms with Crippen LogP contribution in [0.1, 0.15) is 59.3 Å². The fourth-order valence-corrected chi connectivity index (χ4v) is 4.41. The number of amides is 1. The molecular formula is C19H28F3NO3. The van der Waals surface area contributed by atoms with Crippen molar-refractivity contribution in [1.29, 1.82) is 0 Å². The maximum absolute atomic E-state index is 12.7. The number of hydrogen-bond donors (Lipinski definition) is 2. The Hall–Kier alpha value is -1.37. The molecule has 0 radical (unpaired) electrons. The average molecular weight is 375 g/mol. The highest BCUT2D eigenvalue weighted by atomic mass is 19.4. The number of halogens is 3. The van der Waals surface area contributed by atoms with Crippen LogP contribution in [0.5, 0.6) is 0 Å². The van der Waals surface area contributed by atoms with Crippen molar-refractivity contribution in [3.05, 3.63) is 11.6 Å². The molecule has 0 aliphatic heterocycles. The van der Waals surface area contributed by atoms with Gasteiger partial charge in [-0.3, -0.25) is 9.59 Å². The minimum atomic E-state index is -4.86. The van der Waals surface area contributed by atoms with Crippen molar-refractivity contribution in [3.63, 3.8) is 0 Å². The normalized spacial score (nSPS) is 30.0. The maximum atomic E-state index is 12.7. The molecule has 0 saturated heterocycles. The molecule has 1 amide bonds. The number of aliphatic hydroxyl groups is 1. The minimum Gasteiger partial charge on any atom is -0.380 e. The molecule has 1 saturated carbocycles. The molecule has 2 unspecified atom stereocenters. The first kappa shape index (κ1) is 20.9. The van der Waals surface area contributed by atoms with Crippen molar-refractivity contribution < 1.29 is 27.9 Å². The third-order valence-corrected chi connectivity index (χ3v) is 6.01. The molecule has 0 aromatic rings. The number of carbonyl (C=O) groups excluding carboxylic acids is 2. The van der Waals surface area contributed by atoms with Crippen molar-refractivity contribution in [2.24, 2.45) is 17.3 Å². The Labute approximate surface area is 152 Å². The second kappa shape index (κ2) is 7.33. The van der Waals surface area contributed by atoms with Crippen LogP contribution >= 0.6 is 0 Å². The molecule has 0 aromatic carbocycles. The van der Waals surface area contributed by atoms with Crippen molar-refractivity contribution in [3.8, 4) is 0 Å². The molecule has 148 valence electrons. The molecule has 1 fully saturated rings. The van der Waals surface area contributed by atoms with Crippen molar-refractivity contribution in [2.75, 3.05) is 6.54 Å². The van der Waals surface area contributed by atoms with Crippen LogP contribution in [0.4, 0.5) is 13.2 Å². The lowest BCUT2D eigenvalue weighted by Gasteiger charge is -2.47. The molecule has 0 aromatic heterocycles. The van der Waals surface area contributed by atoms with Gasteiger partial charge in [0.25, 0.3) is 0 Å². The molecule has 0 spiro atoms. The number of nitrogens with one attached hydrogen (secondary N) is 1. The number of alkyl halides is 3. The van der Waals surface area contributed by atoms with Gasteiger partial charge in [0.05, 0.1) is 6.42 Å². The van der Waals surface area contributed by atoms with Gasteiger partial charge in [-0.15, -0.1) is 0 Å².